The van der Waals surface area contributed by atoms with Gasteiger partial charge in [-0.25, -0.2) is 0 Å². The Kier molecular flexibility index (Phi) is 4.63. The summed E-state index contributed by atoms with van der Waals surface area (Å²) in [4.78, 5) is 14.4. The zero-order valence-corrected chi connectivity index (χ0v) is 15.6. The lowest BCUT2D eigenvalue weighted by Gasteiger charge is -2.24. The monoisotopic (exact) mass is 348 g/mol. The van der Waals surface area contributed by atoms with Gasteiger partial charge in [0.05, 0.1) is 6.42 Å². The van der Waals surface area contributed by atoms with Crippen LogP contribution in [0.5, 0.6) is 0 Å². The molecule has 2 aromatic rings. The second kappa shape index (κ2) is 6.41. The van der Waals surface area contributed by atoms with E-state index in [1.807, 2.05) is 32.9 Å². The number of benzene rings is 1. The van der Waals surface area contributed by atoms with Crippen molar-refractivity contribution in [2.24, 2.45) is 0 Å². The highest BCUT2D eigenvalue weighted by Gasteiger charge is 2.23. The molecule has 2 heterocycles. The Morgan fingerprint density at radius 3 is 2.79 bits per heavy atom. The fourth-order valence-corrected chi connectivity index (χ4v) is 3.58. The molecule has 0 atom stereocenters. The molecule has 0 saturated carbocycles. The van der Waals surface area contributed by atoms with Gasteiger partial charge in [0.15, 0.2) is 0 Å². The Morgan fingerprint density at radius 1 is 1.33 bits per heavy atom. The van der Waals surface area contributed by atoms with Crippen molar-refractivity contribution in [2.45, 2.75) is 52.3 Å². The molecular weight excluding hydrogens is 324 g/mol. The smallest absolute Gasteiger partial charge is 0.308 e. The lowest BCUT2D eigenvalue weighted by atomic mass is 10.1. The molecule has 0 bridgehead atoms. The van der Waals surface area contributed by atoms with Gasteiger partial charge in [0.2, 0.25) is 0 Å². The van der Waals surface area contributed by atoms with Crippen LogP contribution in [0.2, 0.25) is 5.02 Å². The SMILES string of the molecule is CN1CCc2c(c3cc(Cl)ccc3n2CCC(=O)OC(C)(C)C)C1. The maximum atomic E-state index is 12.1. The van der Waals surface area contributed by atoms with Gasteiger partial charge < -0.3 is 14.2 Å². The Morgan fingerprint density at radius 2 is 2.08 bits per heavy atom. The summed E-state index contributed by atoms with van der Waals surface area (Å²) in [6, 6.07) is 6.02. The molecule has 130 valence electrons. The van der Waals surface area contributed by atoms with Gasteiger partial charge in [0.25, 0.3) is 0 Å². The van der Waals surface area contributed by atoms with E-state index in [1.165, 1.54) is 16.6 Å². The molecule has 0 aliphatic carbocycles. The number of hydrogen-bond donors (Lipinski definition) is 0. The second-order valence-corrected chi connectivity index (χ2v) is 8.00. The summed E-state index contributed by atoms with van der Waals surface area (Å²) in [6.07, 6.45) is 1.37. The summed E-state index contributed by atoms with van der Waals surface area (Å²) in [7, 11) is 2.14. The van der Waals surface area contributed by atoms with E-state index in [9.17, 15) is 4.79 Å². The van der Waals surface area contributed by atoms with E-state index in [2.05, 4.69) is 22.6 Å². The third kappa shape index (κ3) is 3.60. The van der Waals surface area contributed by atoms with Gasteiger partial charge >= 0.3 is 5.97 Å². The molecule has 3 rings (SSSR count). The first-order chi connectivity index (χ1) is 11.2. The molecule has 0 radical (unpaired) electrons. The largest absolute Gasteiger partial charge is 0.460 e. The average Bonchev–Trinajstić information content (AvgIpc) is 2.76. The van der Waals surface area contributed by atoms with Crippen molar-refractivity contribution < 1.29 is 9.53 Å². The fraction of sp³-hybridized carbons (Fsp3) is 0.526. The first-order valence-corrected chi connectivity index (χ1v) is 8.82. The van der Waals surface area contributed by atoms with Crippen LogP contribution >= 0.6 is 11.6 Å². The normalized spacial score (nSPS) is 15.5. The molecule has 0 saturated heterocycles. The van der Waals surface area contributed by atoms with Crippen molar-refractivity contribution >= 4 is 28.5 Å². The number of carbonyl (C=O) groups is 1. The highest BCUT2D eigenvalue weighted by molar-refractivity contribution is 6.31. The molecule has 5 heteroatoms. The number of aryl methyl sites for hydroxylation is 1. The van der Waals surface area contributed by atoms with Gasteiger partial charge in [0, 0.05) is 47.7 Å². The first-order valence-electron chi connectivity index (χ1n) is 8.44. The van der Waals surface area contributed by atoms with Crippen molar-refractivity contribution in [3.05, 3.63) is 34.5 Å². The molecule has 1 aromatic carbocycles. The maximum Gasteiger partial charge on any atom is 0.308 e. The van der Waals surface area contributed by atoms with Gasteiger partial charge in [-0.2, -0.15) is 0 Å². The number of esters is 1. The number of nitrogens with zero attached hydrogens (tertiary/aromatic N) is 2. The predicted molar refractivity (Wildman–Crippen MR) is 97.4 cm³/mol. The van der Waals surface area contributed by atoms with Gasteiger partial charge in [-0.05, 0) is 51.6 Å². The summed E-state index contributed by atoms with van der Waals surface area (Å²) in [5.74, 6) is -0.153. The van der Waals surface area contributed by atoms with Crippen LogP contribution in [0.4, 0.5) is 0 Å². The van der Waals surface area contributed by atoms with Crippen LogP contribution in [0, 0.1) is 0 Å². The minimum absolute atomic E-state index is 0.153. The van der Waals surface area contributed by atoms with E-state index in [0.717, 1.165) is 30.0 Å². The van der Waals surface area contributed by atoms with Crippen LogP contribution in [0.1, 0.15) is 38.4 Å². The molecule has 0 N–H and O–H groups in total. The number of rotatable bonds is 3. The molecule has 0 fully saturated rings. The Bertz CT molecular complexity index is 774. The minimum atomic E-state index is -0.439. The summed E-state index contributed by atoms with van der Waals surface area (Å²) >= 11 is 6.21. The molecule has 1 aliphatic heterocycles. The number of halogens is 1. The zero-order valence-electron chi connectivity index (χ0n) is 14.9. The van der Waals surface area contributed by atoms with E-state index in [1.54, 1.807) is 0 Å². The van der Waals surface area contributed by atoms with Crippen LogP contribution in [0.25, 0.3) is 10.9 Å². The van der Waals surface area contributed by atoms with E-state index in [4.69, 9.17) is 16.3 Å². The summed E-state index contributed by atoms with van der Waals surface area (Å²) < 4.78 is 7.72. The highest BCUT2D eigenvalue weighted by atomic mass is 35.5. The number of ether oxygens (including phenoxy) is 1. The average molecular weight is 349 g/mol. The first kappa shape index (κ1) is 17.3. The molecule has 0 spiro atoms. The second-order valence-electron chi connectivity index (χ2n) is 7.56. The summed E-state index contributed by atoms with van der Waals surface area (Å²) in [5, 5.41) is 1.95. The molecule has 4 nitrogen and oxygen atoms in total. The van der Waals surface area contributed by atoms with E-state index >= 15 is 0 Å². The van der Waals surface area contributed by atoms with E-state index in [-0.39, 0.29) is 5.97 Å². The standard InChI is InChI=1S/C19H25ClN2O2/c1-19(2,3)24-18(23)8-10-22-16-6-5-13(20)11-14(16)15-12-21(4)9-7-17(15)22/h5-6,11H,7-10,12H2,1-4H3. The van der Waals surface area contributed by atoms with E-state index < -0.39 is 5.60 Å². The minimum Gasteiger partial charge on any atom is -0.460 e. The van der Waals surface area contributed by atoms with Crippen LogP contribution < -0.4 is 0 Å². The van der Waals surface area contributed by atoms with Gasteiger partial charge in [-0.1, -0.05) is 11.6 Å². The van der Waals surface area contributed by atoms with Gasteiger partial charge in [-0.3, -0.25) is 4.79 Å². The number of likely N-dealkylation sites (N-methyl/N-ethyl adjacent to an activating group) is 1. The van der Waals surface area contributed by atoms with Crippen LogP contribution in [-0.2, 0) is 29.0 Å². The zero-order chi connectivity index (χ0) is 17.5. The molecule has 1 aromatic heterocycles. The van der Waals surface area contributed by atoms with Gasteiger partial charge in [-0.15, -0.1) is 0 Å². The van der Waals surface area contributed by atoms with Crippen LogP contribution in [0.3, 0.4) is 0 Å². The van der Waals surface area contributed by atoms with Crippen molar-refractivity contribution in [1.82, 2.24) is 9.47 Å². The van der Waals surface area contributed by atoms with Crippen molar-refractivity contribution in [2.75, 3.05) is 13.6 Å². The van der Waals surface area contributed by atoms with E-state index in [0.29, 0.717) is 13.0 Å². The third-order valence-electron chi connectivity index (χ3n) is 4.37. The molecule has 1 aliphatic rings. The highest BCUT2D eigenvalue weighted by Crippen LogP contribution is 2.32. The number of aromatic nitrogens is 1. The predicted octanol–water partition coefficient (Wildman–Crippen LogP) is 4.01. The number of carbonyl (C=O) groups excluding carboxylic acids is 1. The molecule has 0 amide bonds. The van der Waals surface area contributed by atoms with Crippen LogP contribution in [0.15, 0.2) is 18.2 Å². The topological polar surface area (TPSA) is 34.5 Å². The van der Waals surface area contributed by atoms with Crippen molar-refractivity contribution in [1.29, 1.82) is 0 Å². The number of hydrogen-bond acceptors (Lipinski definition) is 3. The lowest BCUT2D eigenvalue weighted by molar-refractivity contribution is -0.155. The molecular formula is C19H25ClN2O2. The summed E-state index contributed by atoms with van der Waals surface area (Å²) in [6.45, 7) is 8.29. The lowest BCUT2D eigenvalue weighted by Crippen LogP contribution is -2.28. The molecule has 0 unspecified atom stereocenters. The Balaban J connectivity index is 1.92. The van der Waals surface area contributed by atoms with Crippen molar-refractivity contribution in [3.63, 3.8) is 0 Å². The third-order valence-corrected chi connectivity index (χ3v) is 4.60. The van der Waals surface area contributed by atoms with Crippen LogP contribution in [-0.4, -0.2) is 34.6 Å². The number of fused-ring (bicyclic) bond motifs is 3. The fourth-order valence-electron chi connectivity index (χ4n) is 3.41. The maximum absolute atomic E-state index is 12.1. The molecule has 24 heavy (non-hydrogen) atoms. The van der Waals surface area contributed by atoms with Crippen molar-refractivity contribution in [3.8, 4) is 0 Å². The Labute approximate surface area is 148 Å². The summed E-state index contributed by atoms with van der Waals surface area (Å²) in [5.41, 5.74) is 3.38. The Hall–Kier alpha value is -1.52. The van der Waals surface area contributed by atoms with Gasteiger partial charge in [0.1, 0.15) is 5.60 Å². The quantitative estimate of drug-likeness (QED) is 0.786.